The normalized spacial score (nSPS) is 33.1. The second-order valence-electron chi connectivity index (χ2n) is 8.18. The molecule has 0 aromatic carbocycles. The molecule has 4 rings (SSSR count). The van der Waals surface area contributed by atoms with Gasteiger partial charge in [-0.2, -0.15) is 0 Å². The summed E-state index contributed by atoms with van der Waals surface area (Å²) in [6.07, 6.45) is 8.59. The Kier molecular flexibility index (Phi) is 5.40. The third-order valence-electron chi connectivity index (χ3n) is 6.54. The number of amides is 1. The molecule has 0 spiro atoms. The Bertz CT molecular complexity index is 432. The number of fused-ring (bicyclic) bond motifs is 1. The van der Waals surface area contributed by atoms with Crippen molar-refractivity contribution in [2.45, 2.75) is 57.1 Å². The number of ether oxygens (including phenoxy) is 2. The number of morpholine rings is 1. The van der Waals surface area contributed by atoms with Crippen molar-refractivity contribution in [3.63, 3.8) is 0 Å². The largest absolute Gasteiger partial charge is 0.381 e. The Hall–Kier alpha value is -0.650. The van der Waals surface area contributed by atoms with Gasteiger partial charge in [0.05, 0.1) is 18.8 Å². The molecule has 3 aliphatic heterocycles. The number of hydrogen-bond acceptors (Lipinski definition) is 4. The zero-order chi connectivity index (χ0) is 16.4. The van der Waals surface area contributed by atoms with Gasteiger partial charge in [0.15, 0.2) is 0 Å². The molecule has 0 aromatic heterocycles. The van der Waals surface area contributed by atoms with Gasteiger partial charge >= 0.3 is 0 Å². The Morgan fingerprint density at radius 2 is 1.75 bits per heavy atom. The van der Waals surface area contributed by atoms with Crippen LogP contribution in [0.1, 0.15) is 44.9 Å². The van der Waals surface area contributed by atoms with Crippen LogP contribution in [0.3, 0.4) is 0 Å². The average molecular weight is 336 g/mol. The fourth-order valence-electron chi connectivity index (χ4n) is 5.04. The van der Waals surface area contributed by atoms with Crippen molar-refractivity contribution in [3.8, 4) is 0 Å². The lowest BCUT2D eigenvalue weighted by molar-refractivity contribution is -0.132. The van der Waals surface area contributed by atoms with E-state index in [-0.39, 0.29) is 6.10 Å². The van der Waals surface area contributed by atoms with E-state index >= 15 is 0 Å². The predicted octanol–water partition coefficient (Wildman–Crippen LogP) is 1.90. The van der Waals surface area contributed by atoms with Crippen LogP contribution in [-0.4, -0.2) is 73.9 Å². The fourth-order valence-corrected chi connectivity index (χ4v) is 5.04. The summed E-state index contributed by atoms with van der Waals surface area (Å²) < 4.78 is 11.4. The monoisotopic (exact) mass is 336 g/mol. The molecule has 0 unspecified atom stereocenters. The molecule has 3 heterocycles. The van der Waals surface area contributed by atoms with Crippen LogP contribution in [0.5, 0.6) is 0 Å². The zero-order valence-corrected chi connectivity index (χ0v) is 14.8. The highest BCUT2D eigenvalue weighted by Crippen LogP contribution is 2.30. The second-order valence-corrected chi connectivity index (χ2v) is 8.18. The van der Waals surface area contributed by atoms with Crippen LogP contribution in [0.15, 0.2) is 0 Å². The molecular formula is C19H32N2O3. The van der Waals surface area contributed by atoms with E-state index in [1.807, 2.05) is 0 Å². The van der Waals surface area contributed by atoms with Crippen LogP contribution in [0.4, 0.5) is 0 Å². The van der Waals surface area contributed by atoms with Gasteiger partial charge in [-0.1, -0.05) is 12.8 Å². The van der Waals surface area contributed by atoms with Gasteiger partial charge in [0, 0.05) is 45.8 Å². The lowest BCUT2D eigenvalue weighted by Crippen LogP contribution is -2.52. The van der Waals surface area contributed by atoms with Crippen molar-refractivity contribution >= 4 is 5.91 Å². The van der Waals surface area contributed by atoms with Crippen LogP contribution in [0.2, 0.25) is 0 Å². The average Bonchev–Trinajstić information content (AvgIpc) is 3.25. The van der Waals surface area contributed by atoms with E-state index in [1.54, 1.807) is 0 Å². The van der Waals surface area contributed by atoms with Gasteiger partial charge in [-0.15, -0.1) is 0 Å². The van der Waals surface area contributed by atoms with E-state index in [1.165, 1.54) is 32.2 Å². The quantitative estimate of drug-likeness (QED) is 0.786. The van der Waals surface area contributed by atoms with E-state index in [9.17, 15) is 4.79 Å². The molecule has 4 aliphatic rings. The first-order valence-corrected chi connectivity index (χ1v) is 10.0. The summed E-state index contributed by atoms with van der Waals surface area (Å²) in [4.78, 5) is 17.4. The van der Waals surface area contributed by atoms with Crippen molar-refractivity contribution in [3.05, 3.63) is 0 Å². The maximum Gasteiger partial charge on any atom is 0.222 e. The highest BCUT2D eigenvalue weighted by atomic mass is 16.5. The molecule has 0 aromatic rings. The molecule has 1 saturated carbocycles. The minimum Gasteiger partial charge on any atom is -0.381 e. The van der Waals surface area contributed by atoms with Crippen molar-refractivity contribution in [1.82, 2.24) is 9.80 Å². The van der Waals surface area contributed by atoms with E-state index in [0.29, 0.717) is 24.3 Å². The molecule has 1 aliphatic carbocycles. The number of nitrogens with zero attached hydrogens (tertiary/aromatic N) is 2. The van der Waals surface area contributed by atoms with Gasteiger partial charge in [-0.3, -0.25) is 9.69 Å². The first kappa shape index (κ1) is 16.8. The lowest BCUT2D eigenvalue weighted by atomic mass is 9.96. The van der Waals surface area contributed by atoms with Crippen LogP contribution in [0, 0.1) is 11.8 Å². The smallest absolute Gasteiger partial charge is 0.222 e. The van der Waals surface area contributed by atoms with E-state index in [2.05, 4.69) is 9.80 Å². The zero-order valence-electron chi connectivity index (χ0n) is 14.8. The molecule has 3 saturated heterocycles. The molecule has 0 radical (unpaired) electrons. The number of likely N-dealkylation sites (tertiary alicyclic amines) is 1. The third-order valence-corrected chi connectivity index (χ3v) is 6.54. The Morgan fingerprint density at radius 1 is 0.958 bits per heavy atom. The minimum absolute atomic E-state index is 0.235. The SMILES string of the molecule is O=C(CC1CCOCC1)N1C[C@@H]2OCCN(CC3CCCC3)[C@H]2C1. The maximum atomic E-state index is 12.7. The first-order chi connectivity index (χ1) is 11.8. The number of hydrogen-bond donors (Lipinski definition) is 0. The van der Waals surface area contributed by atoms with Crippen molar-refractivity contribution in [2.75, 3.05) is 46.0 Å². The van der Waals surface area contributed by atoms with Gasteiger partial charge in [0.2, 0.25) is 5.91 Å². The van der Waals surface area contributed by atoms with Crippen LogP contribution in [0.25, 0.3) is 0 Å². The molecule has 4 fully saturated rings. The number of carbonyl (C=O) groups excluding carboxylic acids is 1. The van der Waals surface area contributed by atoms with Gasteiger partial charge in [-0.25, -0.2) is 0 Å². The third kappa shape index (κ3) is 3.78. The molecule has 24 heavy (non-hydrogen) atoms. The predicted molar refractivity (Wildman–Crippen MR) is 91.8 cm³/mol. The molecule has 136 valence electrons. The summed E-state index contributed by atoms with van der Waals surface area (Å²) in [5.74, 6) is 1.72. The van der Waals surface area contributed by atoms with Gasteiger partial charge in [-0.05, 0) is 37.5 Å². The van der Waals surface area contributed by atoms with E-state index in [0.717, 1.165) is 58.2 Å². The highest BCUT2D eigenvalue weighted by molar-refractivity contribution is 5.77. The Labute approximate surface area is 145 Å². The Morgan fingerprint density at radius 3 is 2.54 bits per heavy atom. The van der Waals surface area contributed by atoms with Crippen LogP contribution < -0.4 is 0 Å². The van der Waals surface area contributed by atoms with E-state index in [4.69, 9.17) is 9.47 Å². The second kappa shape index (κ2) is 7.71. The van der Waals surface area contributed by atoms with E-state index < -0.39 is 0 Å². The number of carbonyl (C=O) groups is 1. The molecule has 1 amide bonds. The first-order valence-electron chi connectivity index (χ1n) is 10.0. The molecule has 2 atom stereocenters. The fraction of sp³-hybridized carbons (Fsp3) is 0.947. The molecule has 0 N–H and O–H groups in total. The van der Waals surface area contributed by atoms with Crippen molar-refractivity contribution < 1.29 is 14.3 Å². The Balaban J connectivity index is 1.31. The topological polar surface area (TPSA) is 42.0 Å². The highest BCUT2D eigenvalue weighted by Gasteiger charge is 2.42. The summed E-state index contributed by atoms with van der Waals surface area (Å²) >= 11 is 0. The standard InChI is InChI=1S/C19H32N2O3/c22-19(11-15-5-8-23-9-6-15)21-13-17-18(14-21)24-10-7-20(17)12-16-3-1-2-4-16/h15-18H,1-14H2/t17-,18-/m0/s1. The maximum absolute atomic E-state index is 12.7. The summed E-state index contributed by atoms with van der Waals surface area (Å²) in [5, 5.41) is 0. The molecule has 0 bridgehead atoms. The summed E-state index contributed by atoms with van der Waals surface area (Å²) in [7, 11) is 0. The van der Waals surface area contributed by atoms with Crippen LogP contribution >= 0.6 is 0 Å². The van der Waals surface area contributed by atoms with Gasteiger partial charge in [0.1, 0.15) is 0 Å². The van der Waals surface area contributed by atoms with Gasteiger partial charge < -0.3 is 14.4 Å². The van der Waals surface area contributed by atoms with Gasteiger partial charge in [0.25, 0.3) is 0 Å². The lowest BCUT2D eigenvalue weighted by Gasteiger charge is -2.38. The minimum atomic E-state index is 0.235. The summed E-state index contributed by atoms with van der Waals surface area (Å²) in [5.41, 5.74) is 0. The molecular weight excluding hydrogens is 304 g/mol. The molecule has 5 nitrogen and oxygen atoms in total. The summed E-state index contributed by atoms with van der Waals surface area (Å²) in [6.45, 7) is 6.40. The van der Waals surface area contributed by atoms with Crippen LogP contribution in [-0.2, 0) is 14.3 Å². The number of rotatable bonds is 4. The summed E-state index contributed by atoms with van der Waals surface area (Å²) in [6, 6.07) is 0.429. The van der Waals surface area contributed by atoms with Crippen molar-refractivity contribution in [1.29, 1.82) is 0 Å². The van der Waals surface area contributed by atoms with Crippen molar-refractivity contribution in [2.24, 2.45) is 11.8 Å². The molecule has 5 heteroatoms.